The highest BCUT2D eigenvalue weighted by molar-refractivity contribution is 5.85. The van der Waals surface area contributed by atoms with Gasteiger partial charge in [0.15, 0.2) is 0 Å². The molecule has 0 aliphatic heterocycles. The molecule has 0 radical (unpaired) electrons. The average molecular weight is 394 g/mol. The molecule has 3 aromatic heterocycles. The number of aromatic amines is 1. The number of anilines is 1. The second-order valence-corrected chi connectivity index (χ2v) is 5.35. The molecule has 3 heterocycles. The molecule has 0 amide bonds. The van der Waals surface area contributed by atoms with E-state index in [1.54, 1.807) is 0 Å². The largest absolute Gasteiger partial charge is 0.431 e. The van der Waals surface area contributed by atoms with Gasteiger partial charge in [0, 0.05) is 23.7 Å². The molecule has 140 valence electrons. The predicted molar refractivity (Wildman–Crippen MR) is 87.4 cm³/mol. The summed E-state index contributed by atoms with van der Waals surface area (Å²) in [6, 6.07) is 2.50. The van der Waals surface area contributed by atoms with Crippen LogP contribution in [-0.4, -0.2) is 19.9 Å². The second kappa shape index (κ2) is 7.40. The summed E-state index contributed by atoms with van der Waals surface area (Å²) >= 11 is 0. The highest BCUT2D eigenvalue weighted by Crippen LogP contribution is 2.31. The van der Waals surface area contributed by atoms with Gasteiger partial charge in [0.25, 0.3) is 6.43 Å². The van der Waals surface area contributed by atoms with Crippen LogP contribution in [0, 0.1) is 6.92 Å². The van der Waals surface area contributed by atoms with E-state index in [0.29, 0.717) is 10.9 Å². The Balaban J connectivity index is 0.00000243. The van der Waals surface area contributed by atoms with Crippen LogP contribution in [0.4, 0.5) is 27.8 Å². The van der Waals surface area contributed by atoms with E-state index in [1.165, 1.54) is 19.2 Å². The Morgan fingerprint density at radius 3 is 2.54 bits per heavy atom. The molecule has 3 rings (SSSR count). The van der Waals surface area contributed by atoms with E-state index in [0.717, 1.165) is 12.4 Å². The van der Waals surface area contributed by atoms with Crippen LogP contribution in [-0.2, 0) is 12.7 Å². The van der Waals surface area contributed by atoms with Gasteiger partial charge in [-0.15, -0.1) is 12.4 Å². The van der Waals surface area contributed by atoms with Crippen LogP contribution in [0.2, 0.25) is 0 Å². The van der Waals surface area contributed by atoms with E-state index in [4.69, 9.17) is 0 Å². The van der Waals surface area contributed by atoms with Crippen LogP contribution < -0.4 is 5.32 Å². The van der Waals surface area contributed by atoms with Crippen LogP contribution in [0.1, 0.15) is 28.9 Å². The highest BCUT2D eigenvalue weighted by Gasteiger charge is 2.32. The molecule has 3 aromatic rings. The molecule has 0 atom stereocenters. The zero-order chi connectivity index (χ0) is 18.2. The summed E-state index contributed by atoms with van der Waals surface area (Å²) in [5.74, 6) is 0.232. The van der Waals surface area contributed by atoms with Crippen LogP contribution in [0.25, 0.3) is 11.0 Å². The fraction of sp³-hybridized carbons (Fsp3) is 0.267. The number of fused-ring (bicyclic) bond motifs is 1. The van der Waals surface area contributed by atoms with Crippen molar-refractivity contribution in [3.8, 4) is 0 Å². The average Bonchev–Trinajstić information content (AvgIpc) is 2.97. The molecule has 0 bridgehead atoms. The number of alkyl halides is 5. The fourth-order valence-corrected chi connectivity index (χ4v) is 2.36. The van der Waals surface area contributed by atoms with E-state index in [1.807, 2.05) is 0 Å². The van der Waals surface area contributed by atoms with Gasteiger partial charge in [-0.3, -0.25) is 0 Å². The lowest BCUT2D eigenvalue weighted by Crippen LogP contribution is -2.07. The maximum atomic E-state index is 12.8. The summed E-state index contributed by atoms with van der Waals surface area (Å²) in [7, 11) is 0. The minimum atomic E-state index is -4.48. The summed E-state index contributed by atoms with van der Waals surface area (Å²) in [6.45, 7) is 1.63. The van der Waals surface area contributed by atoms with Crippen LogP contribution in [0.15, 0.2) is 24.7 Å². The van der Waals surface area contributed by atoms with E-state index < -0.39 is 18.3 Å². The maximum absolute atomic E-state index is 12.8. The monoisotopic (exact) mass is 393 g/mol. The van der Waals surface area contributed by atoms with Crippen molar-refractivity contribution in [2.75, 3.05) is 5.32 Å². The first kappa shape index (κ1) is 19.8. The number of rotatable bonds is 4. The highest BCUT2D eigenvalue weighted by atomic mass is 35.5. The first-order valence-electron chi connectivity index (χ1n) is 7.14. The number of H-pyrrole nitrogens is 1. The molecular weight excluding hydrogens is 381 g/mol. The fourth-order valence-electron chi connectivity index (χ4n) is 2.36. The standard InChI is InChI=1S/C15H12F5N5.ClH/c1-7-11(12(16)17)23-6-24-13(7)21-4-8-2-9-3-10(15(18,19)20)25-14(9)22-5-8;/h2-3,5-6,12H,4H2,1H3,(H,22,25)(H,21,23,24);1H. The van der Waals surface area contributed by atoms with Crippen molar-refractivity contribution in [3.05, 3.63) is 47.2 Å². The third-order valence-corrected chi connectivity index (χ3v) is 3.62. The number of nitrogens with one attached hydrogen (secondary N) is 2. The summed E-state index contributed by atoms with van der Waals surface area (Å²) in [5.41, 5.74) is -0.335. The quantitative estimate of drug-likeness (QED) is 0.633. The molecule has 26 heavy (non-hydrogen) atoms. The van der Waals surface area contributed by atoms with Gasteiger partial charge in [0.05, 0.1) is 0 Å². The zero-order valence-electron chi connectivity index (χ0n) is 13.2. The third-order valence-electron chi connectivity index (χ3n) is 3.62. The second-order valence-electron chi connectivity index (χ2n) is 5.35. The molecule has 0 saturated heterocycles. The topological polar surface area (TPSA) is 66.5 Å². The van der Waals surface area contributed by atoms with Gasteiger partial charge in [-0.05, 0) is 24.6 Å². The number of aromatic nitrogens is 4. The number of hydrogen-bond acceptors (Lipinski definition) is 4. The van der Waals surface area contributed by atoms with E-state index in [-0.39, 0.29) is 41.7 Å². The molecule has 2 N–H and O–H groups in total. The molecule has 0 spiro atoms. The SMILES string of the molecule is Cc1c(NCc2cnc3[nH]c(C(F)(F)F)cc3c2)ncnc1C(F)F.Cl. The summed E-state index contributed by atoms with van der Waals surface area (Å²) in [5, 5.41) is 3.17. The van der Waals surface area contributed by atoms with Gasteiger partial charge >= 0.3 is 6.18 Å². The third kappa shape index (κ3) is 4.01. The number of hydrogen-bond donors (Lipinski definition) is 2. The van der Waals surface area contributed by atoms with Crippen molar-refractivity contribution in [2.45, 2.75) is 26.1 Å². The van der Waals surface area contributed by atoms with E-state index >= 15 is 0 Å². The molecule has 11 heteroatoms. The number of halogens is 6. The van der Waals surface area contributed by atoms with E-state index in [9.17, 15) is 22.0 Å². The van der Waals surface area contributed by atoms with Crippen molar-refractivity contribution < 1.29 is 22.0 Å². The minimum absolute atomic E-state index is 0. The van der Waals surface area contributed by atoms with Gasteiger partial charge < -0.3 is 10.3 Å². The Morgan fingerprint density at radius 1 is 1.15 bits per heavy atom. The molecule has 0 unspecified atom stereocenters. The summed E-state index contributed by atoms with van der Waals surface area (Å²) < 4.78 is 63.7. The van der Waals surface area contributed by atoms with Crippen molar-refractivity contribution in [1.82, 2.24) is 19.9 Å². The molecule has 0 aliphatic carbocycles. The number of pyridine rings is 1. The zero-order valence-corrected chi connectivity index (χ0v) is 14.1. The first-order valence-corrected chi connectivity index (χ1v) is 7.14. The smallest absolute Gasteiger partial charge is 0.366 e. The van der Waals surface area contributed by atoms with Gasteiger partial charge in [-0.1, -0.05) is 0 Å². The maximum Gasteiger partial charge on any atom is 0.431 e. The van der Waals surface area contributed by atoms with Crippen LogP contribution in [0.5, 0.6) is 0 Å². The molecule has 0 saturated carbocycles. The van der Waals surface area contributed by atoms with Gasteiger partial charge in [-0.25, -0.2) is 23.7 Å². The van der Waals surface area contributed by atoms with Gasteiger partial charge in [-0.2, -0.15) is 13.2 Å². The summed E-state index contributed by atoms with van der Waals surface area (Å²) in [6.07, 6.45) is -4.78. The Morgan fingerprint density at radius 2 is 1.88 bits per heavy atom. The van der Waals surface area contributed by atoms with Crippen LogP contribution in [0.3, 0.4) is 0 Å². The van der Waals surface area contributed by atoms with E-state index in [2.05, 4.69) is 25.3 Å². The molecule has 0 aromatic carbocycles. The molecule has 5 nitrogen and oxygen atoms in total. The van der Waals surface area contributed by atoms with Crippen LogP contribution >= 0.6 is 12.4 Å². The summed E-state index contributed by atoms with van der Waals surface area (Å²) in [4.78, 5) is 13.6. The van der Waals surface area contributed by atoms with Gasteiger partial charge in [0.1, 0.15) is 29.2 Å². The Labute approximate surface area is 150 Å². The predicted octanol–water partition coefficient (Wildman–Crippen LogP) is 4.65. The molecular formula is C15H13ClF5N5. The Kier molecular flexibility index (Phi) is 5.65. The van der Waals surface area contributed by atoms with Crippen molar-refractivity contribution in [3.63, 3.8) is 0 Å². The van der Waals surface area contributed by atoms with Crippen molar-refractivity contribution in [2.24, 2.45) is 0 Å². The Hall–Kier alpha value is -2.49. The Bertz CT molecular complexity index is 909. The minimum Gasteiger partial charge on any atom is -0.366 e. The lowest BCUT2D eigenvalue weighted by molar-refractivity contribution is -0.140. The number of nitrogens with zero attached hydrogens (tertiary/aromatic N) is 3. The lowest BCUT2D eigenvalue weighted by atomic mass is 10.2. The van der Waals surface area contributed by atoms with Crippen molar-refractivity contribution in [1.29, 1.82) is 0 Å². The first-order chi connectivity index (χ1) is 11.8. The normalized spacial score (nSPS) is 11.7. The van der Waals surface area contributed by atoms with Crippen molar-refractivity contribution >= 4 is 29.3 Å². The van der Waals surface area contributed by atoms with Gasteiger partial charge in [0.2, 0.25) is 0 Å². The lowest BCUT2D eigenvalue weighted by Gasteiger charge is -2.10. The molecule has 0 aliphatic rings. The molecule has 0 fully saturated rings.